The Morgan fingerprint density at radius 1 is 1.38 bits per heavy atom. The summed E-state index contributed by atoms with van der Waals surface area (Å²) >= 11 is 5.99. The highest BCUT2D eigenvalue weighted by molar-refractivity contribution is 6.31. The van der Waals surface area contributed by atoms with Crippen LogP contribution in [0, 0.1) is 6.57 Å². The molecule has 1 aromatic rings. The lowest BCUT2D eigenvalue weighted by Crippen LogP contribution is -2.35. The Hall–Kier alpha value is -1.55. The van der Waals surface area contributed by atoms with Crippen molar-refractivity contribution < 1.29 is 13.2 Å². The Kier molecular flexibility index (Phi) is 4.88. The molecule has 0 N–H and O–H groups in total. The van der Waals surface area contributed by atoms with Crippen LogP contribution in [0.25, 0.3) is 4.85 Å². The maximum absolute atomic E-state index is 12.2. The minimum absolute atomic E-state index is 0.00129. The zero-order valence-corrected chi connectivity index (χ0v) is 12.0. The molecule has 0 bridgehead atoms. The fourth-order valence-corrected chi connectivity index (χ4v) is 2.41. The van der Waals surface area contributed by atoms with E-state index >= 15 is 0 Å². The molecule has 4 nitrogen and oxygen atoms in total. The van der Waals surface area contributed by atoms with Crippen molar-refractivity contribution in [2.75, 3.05) is 18.0 Å². The van der Waals surface area contributed by atoms with E-state index in [1.165, 1.54) is 6.20 Å². The smallest absolute Gasteiger partial charge is 0.353 e. The Morgan fingerprint density at radius 2 is 2.05 bits per heavy atom. The average molecular weight is 319 g/mol. The summed E-state index contributed by atoms with van der Waals surface area (Å²) in [6.07, 6.45) is -2.66. The van der Waals surface area contributed by atoms with Gasteiger partial charge in [-0.1, -0.05) is 11.6 Å². The molecule has 1 saturated heterocycles. The van der Waals surface area contributed by atoms with Crippen molar-refractivity contribution in [2.24, 2.45) is 0 Å². The molecule has 0 atom stereocenters. The van der Waals surface area contributed by atoms with Crippen molar-refractivity contribution in [3.05, 3.63) is 28.5 Å². The van der Waals surface area contributed by atoms with Gasteiger partial charge in [0, 0.05) is 32.4 Å². The van der Waals surface area contributed by atoms with Crippen LogP contribution in [0.1, 0.15) is 25.0 Å². The molecule has 1 aromatic heterocycles. The van der Waals surface area contributed by atoms with E-state index in [0.717, 1.165) is 0 Å². The molecule has 2 heterocycles. The van der Waals surface area contributed by atoms with Crippen molar-refractivity contribution in [3.8, 4) is 0 Å². The lowest BCUT2D eigenvalue weighted by molar-refractivity contribution is -0.134. The first-order chi connectivity index (χ1) is 9.89. The Bertz CT molecular complexity index is 533. The van der Waals surface area contributed by atoms with Crippen LogP contribution in [0.2, 0.25) is 5.15 Å². The van der Waals surface area contributed by atoms with E-state index in [-0.39, 0.29) is 23.3 Å². The van der Waals surface area contributed by atoms with Gasteiger partial charge in [0.25, 0.3) is 0 Å². The standard InChI is InChI=1S/C13H14ClF3N4/c1-18-9-3-6-21(7-4-9)12-11(14)19-8-10(20-12)2-5-13(15,16)17/h8-9H,2-7H2. The predicted octanol–water partition coefficient (Wildman–Crippen LogP) is 3.51. The van der Waals surface area contributed by atoms with Crippen LogP contribution in [-0.4, -0.2) is 35.3 Å². The van der Waals surface area contributed by atoms with Gasteiger partial charge in [0.2, 0.25) is 6.04 Å². The molecule has 0 amide bonds. The summed E-state index contributed by atoms with van der Waals surface area (Å²) in [6, 6.07) is 0.00129. The third-order valence-corrected chi connectivity index (χ3v) is 3.64. The third-order valence-electron chi connectivity index (χ3n) is 3.37. The molecule has 1 aliphatic heterocycles. The molecule has 0 aliphatic carbocycles. The summed E-state index contributed by atoms with van der Waals surface area (Å²) < 4.78 is 36.7. The largest absolute Gasteiger partial charge is 0.389 e. The molecular weight excluding hydrogens is 305 g/mol. The van der Waals surface area contributed by atoms with Gasteiger partial charge >= 0.3 is 6.18 Å². The molecule has 1 aliphatic rings. The lowest BCUT2D eigenvalue weighted by Gasteiger charge is -2.28. The van der Waals surface area contributed by atoms with E-state index in [9.17, 15) is 13.2 Å². The first-order valence-electron chi connectivity index (χ1n) is 6.59. The van der Waals surface area contributed by atoms with Crippen LogP contribution in [-0.2, 0) is 6.42 Å². The second kappa shape index (κ2) is 6.48. The molecule has 2 rings (SSSR count). The van der Waals surface area contributed by atoms with Gasteiger partial charge in [-0.2, -0.15) is 13.2 Å². The number of rotatable bonds is 3. The molecule has 0 saturated carbocycles. The molecule has 0 unspecified atom stereocenters. The van der Waals surface area contributed by atoms with E-state index in [1.54, 1.807) is 0 Å². The summed E-state index contributed by atoms with van der Waals surface area (Å²) in [5, 5.41) is 0.187. The van der Waals surface area contributed by atoms with Crippen LogP contribution in [0.3, 0.4) is 0 Å². The number of aryl methyl sites for hydroxylation is 1. The lowest BCUT2D eigenvalue weighted by atomic mass is 10.1. The molecule has 8 heteroatoms. The van der Waals surface area contributed by atoms with Gasteiger partial charge < -0.3 is 9.74 Å². The average Bonchev–Trinajstić information content (AvgIpc) is 2.46. The molecule has 114 valence electrons. The molecule has 0 radical (unpaired) electrons. The fraction of sp³-hybridized carbons (Fsp3) is 0.615. The fourth-order valence-electron chi connectivity index (χ4n) is 2.20. The van der Waals surface area contributed by atoms with Crippen LogP contribution < -0.4 is 4.90 Å². The third kappa shape index (κ3) is 4.46. The van der Waals surface area contributed by atoms with Crippen LogP contribution in [0.5, 0.6) is 0 Å². The first-order valence-corrected chi connectivity index (χ1v) is 6.96. The Morgan fingerprint density at radius 3 is 2.62 bits per heavy atom. The SMILES string of the molecule is [C-]#[N+]C1CCN(c2nc(CCC(F)(F)F)cnc2Cl)CC1. The number of halogens is 4. The number of nitrogens with zero attached hydrogens (tertiary/aromatic N) is 4. The van der Waals surface area contributed by atoms with Gasteiger partial charge in [0.05, 0.1) is 11.9 Å². The molecular formula is C13H14ClF3N4. The topological polar surface area (TPSA) is 33.4 Å². The van der Waals surface area contributed by atoms with Crippen LogP contribution in [0.15, 0.2) is 6.20 Å². The van der Waals surface area contributed by atoms with Crippen molar-refractivity contribution in [1.29, 1.82) is 0 Å². The van der Waals surface area contributed by atoms with Crippen LogP contribution >= 0.6 is 11.6 Å². The van der Waals surface area contributed by atoms with E-state index in [1.807, 2.05) is 4.90 Å². The van der Waals surface area contributed by atoms with Gasteiger partial charge in [-0.3, -0.25) is 0 Å². The highest BCUT2D eigenvalue weighted by Gasteiger charge is 2.28. The minimum atomic E-state index is -4.21. The van der Waals surface area contributed by atoms with Gasteiger partial charge in [-0.25, -0.2) is 16.5 Å². The molecule has 21 heavy (non-hydrogen) atoms. The van der Waals surface area contributed by atoms with Gasteiger partial charge in [-0.05, 0) is 6.42 Å². The zero-order valence-electron chi connectivity index (χ0n) is 11.2. The summed E-state index contributed by atoms with van der Waals surface area (Å²) in [4.78, 5) is 13.5. The normalized spacial score (nSPS) is 16.8. The predicted molar refractivity (Wildman–Crippen MR) is 73.3 cm³/mol. The summed E-state index contributed by atoms with van der Waals surface area (Å²) in [7, 11) is 0. The second-order valence-corrected chi connectivity index (χ2v) is 5.30. The number of piperidine rings is 1. The zero-order chi connectivity index (χ0) is 15.5. The number of hydrogen-bond acceptors (Lipinski definition) is 3. The van der Waals surface area contributed by atoms with E-state index in [2.05, 4.69) is 14.8 Å². The highest BCUT2D eigenvalue weighted by Crippen LogP contribution is 2.27. The monoisotopic (exact) mass is 318 g/mol. The van der Waals surface area contributed by atoms with Crippen molar-refractivity contribution >= 4 is 17.4 Å². The molecule has 0 aromatic carbocycles. The maximum atomic E-state index is 12.2. The summed E-state index contributed by atoms with van der Waals surface area (Å²) in [5.74, 6) is 0.416. The number of hydrogen-bond donors (Lipinski definition) is 0. The first kappa shape index (κ1) is 15.8. The maximum Gasteiger partial charge on any atom is 0.389 e. The quantitative estimate of drug-likeness (QED) is 0.800. The van der Waals surface area contributed by atoms with Gasteiger partial charge in [0.1, 0.15) is 0 Å². The van der Waals surface area contributed by atoms with E-state index in [4.69, 9.17) is 18.2 Å². The van der Waals surface area contributed by atoms with Crippen LogP contribution in [0.4, 0.5) is 19.0 Å². The Balaban J connectivity index is 2.07. The van der Waals surface area contributed by atoms with Gasteiger partial charge in [0.15, 0.2) is 11.0 Å². The van der Waals surface area contributed by atoms with Crippen molar-refractivity contribution in [3.63, 3.8) is 0 Å². The van der Waals surface area contributed by atoms with Crippen molar-refractivity contribution in [1.82, 2.24) is 9.97 Å². The Labute approximate surface area is 125 Å². The number of aromatic nitrogens is 2. The number of anilines is 1. The summed E-state index contributed by atoms with van der Waals surface area (Å²) in [5.41, 5.74) is 0.277. The number of alkyl halides is 3. The highest BCUT2D eigenvalue weighted by atomic mass is 35.5. The van der Waals surface area contributed by atoms with E-state index < -0.39 is 12.6 Å². The summed E-state index contributed by atoms with van der Waals surface area (Å²) in [6.45, 7) is 8.23. The van der Waals surface area contributed by atoms with E-state index in [0.29, 0.717) is 31.7 Å². The second-order valence-electron chi connectivity index (χ2n) is 4.94. The molecule has 1 fully saturated rings. The minimum Gasteiger partial charge on any atom is -0.353 e. The van der Waals surface area contributed by atoms with Crippen molar-refractivity contribution in [2.45, 2.75) is 37.9 Å². The van der Waals surface area contributed by atoms with Gasteiger partial charge in [-0.15, -0.1) is 0 Å². The molecule has 0 spiro atoms.